The maximum absolute atomic E-state index is 12.1. The van der Waals surface area contributed by atoms with E-state index in [0.29, 0.717) is 0 Å². The van der Waals surface area contributed by atoms with Crippen LogP contribution in [0, 0.1) is 0 Å². The van der Waals surface area contributed by atoms with Crippen LogP contribution < -0.4 is 0 Å². The van der Waals surface area contributed by atoms with E-state index in [-0.39, 0.29) is 11.6 Å². The van der Waals surface area contributed by atoms with Gasteiger partial charge in [-0.15, -0.1) is 5.10 Å². The van der Waals surface area contributed by atoms with Crippen molar-refractivity contribution in [3.8, 4) is 0 Å². The highest BCUT2D eigenvalue weighted by molar-refractivity contribution is 5.86. The molecule has 18 heavy (non-hydrogen) atoms. The van der Waals surface area contributed by atoms with Gasteiger partial charge in [-0.25, -0.2) is 9.48 Å². The van der Waals surface area contributed by atoms with Crippen LogP contribution in [0.15, 0.2) is 6.20 Å². The Bertz CT molecular complexity index is 451. The van der Waals surface area contributed by atoms with Crippen molar-refractivity contribution >= 4 is 11.9 Å². The van der Waals surface area contributed by atoms with E-state index in [4.69, 9.17) is 0 Å². The van der Waals surface area contributed by atoms with Gasteiger partial charge in [-0.2, -0.15) is 0 Å². The smallest absolute Gasteiger partial charge is 0.360 e. The normalized spacial score (nSPS) is 16.7. The Morgan fingerprint density at radius 2 is 2.06 bits per heavy atom. The van der Waals surface area contributed by atoms with Gasteiger partial charge in [-0.1, -0.05) is 5.21 Å². The Balaban J connectivity index is 2.08. The first-order valence-electron chi connectivity index (χ1n) is 5.92. The second-order valence-corrected chi connectivity index (χ2v) is 4.28. The van der Waals surface area contributed by atoms with Crippen LogP contribution in [0.25, 0.3) is 0 Å². The molecule has 7 heteroatoms. The Morgan fingerprint density at radius 3 is 2.67 bits per heavy atom. The van der Waals surface area contributed by atoms with E-state index in [1.807, 2.05) is 4.90 Å². The summed E-state index contributed by atoms with van der Waals surface area (Å²) >= 11 is 0. The van der Waals surface area contributed by atoms with Crippen LogP contribution in [-0.2, 0) is 9.53 Å². The Labute approximate surface area is 105 Å². The fourth-order valence-corrected chi connectivity index (χ4v) is 1.98. The molecule has 1 fully saturated rings. The first kappa shape index (κ1) is 12.5. The molecule has 0 spiro atoms. The number of hydrogen-bond donors (Lipinski definition) is 0. The number of amides is 1. The quantitative estimate of drug-likeness (QED) is 0.720. The third kappa shape index (κ3) is 2.34. The topological polar surface area (TPSA) is 77.3 Å². The molecule has 0 aromatic carbocycles. The van der Waals surface area contributed by atoms with Crippen molar-refractivity contribution in [3.05, 3.63) is 11.9 Å². The van der Waals surface area contributed by atoms with Crippen molar-refractivity contribution in [3.63, 3.8) is 0 Å². The molecule has 98 valence electrons. The second kappa shape index (κ2) is 5.16. The molecule has 0 saturated carbocycles. The van der Waals surface area contributed by atoms with Crippen LogP contribution in [0.4, 0.5) is 0 Å². The van der Waals surface area contributed by atoms with E-state index >= 15 is 0 Å². The molecule has 1 aromatic rings. The van der Waals surface area contributed by atoms with Gasteiger partial charge in [-0.3, -0.25) is 4.79 Å². The van der Waals surface area contributed by atoms with Gasteiger partial charge in [0.25, 0.3) is 0 Å². The molecule has 1 amide bonds. The summed E-state index contributed by atoms with van der Waals surface area (Å²) in [6.07, 6.45) is 3.52. The summed E-state index contributed by atoms with van der Waals surface area (Å²) in [7, 11) is 1.28. The van der Waals surface area contributed by atoms with E-state index in [9.17, 15) is 9.59 Å². The van der Waals surface area contributed by atoms with E-state index in [0.717, 1.165) is 25.9 Å². The van der Waals surface area contributed by atoms with Crippen molar-refractivity contribution in [2.75, 3.05) is 20.2 Å². The summed E-state index contributed by atoms with van der Waals surface area (Å²) in [5, 5.41) is 7.48. The maximum Gasteiger partial charge on any atom is 0.360 e. The molecule has 7 nitrogen and oxygen atoms in total. The minimum Gasteiger partial charge on any atom is -0.464 e. The lowest BCUT2D eigenvalue weighted by atomic mass is 10.3. The van der Waals surface area contributed by atoms with Gasteiger partial charge in [0, 0.05) is 13.1 Å². The van der Waals surface area contributed by atoms with Crippen LogP contribution in [0.2, 0.25) is 0 Å². The Hall–Kier alpha value is -1.92. The van der Waals surface area contributed by atoms with Gasteiger partial charge >= 0.3 is 5.97 Å². The molecule has 0 bridgehead atoms. The van der Waals surface area contributed by atoms with E-state index < -0.39 is 12.0 Å². The molecular weight excluding hydrogens is 236 g/mol. The largest absolute Gasteiger partial charge is 0.464 e. The second-order valence-electron chi connectivity index (χ2n) is 4.28. The molecule has 1 aliphatic rings. The highest BCUT2D eigenvalue weighted by atomic mass is 16.5. The van der Waals surface area contributed by atoms with Gasteiger partial charge in [-0.05, 0) is 19.8 Å². The molecule has 0 aliphatic carbocycles. The number of hydrogen-bond acceptors (Lipinski definition) is 5. The van der Waals surface area contributed by atoms with Gasteiger partial charge < -0.3 is 9.64 Å². The Kier molecular flexibility index (Phi) is 3.59. The highest BCUT2D eigenvalue weighted by Crippen LogP contribution is 2.15. The SMILES string of the molecule is COC(=O)c1cn(C(C)C(=O)N2CCCC2)nn1. The number of rotatable bonds is 3. The third-order valence-electron chi connectivity index (χ3n) is 3.08. The summed E-state index contributed by atoms with van der Waals surface area (Å²) in [5.41, 5.74) is 0.110. The number of nitrogens with zero attached hydrogens (tertiary/aromatic N) is 4. The predicted molar refractivity (Wildman–Crippen MR) is 61.9 cm³/mol. The molecule has 1 aromatic heterocycles. The van der Waals surface area contributed by atoms with Crippen molar-refractivity contribution in [1.29, 1.82) is 0 Å². The molecule has 0 N–H and O–H groups in total. The lowest BCUT2D eigenvalue weighted by Gasteiger charge is -2.19. The van der Waals surface area contributed by atoms with Crippen molar-refractivity contribution in [2.45, 2.75) is 25.8 Å². The summed E-state index contributed by atoms with van der Waals surface area (Å²) in [4.78, 5) is 25.2. The molecule has 1 atom stereocenters. The zero-order chi connectivity index (χ0) is 13.1. The van der Waals surface area contributed by atoms with Crippen molar-refractivity contribution < 1.29 is 14.3 Å². The van der Waals surface area contributed by atoms with E-state index in [2.05, 4.69) is 15.0 Å². The van der Waals surface area contributed by atoms with Crippen LogP contribution in [-0.4, -0.2) is 52.0 Å². The molecule has 1 saturated heterocycles. The number of carbonyl (C=O) groups is 2. The molecule has 2 heterocycles. The number of carbonyl (C=O) groups excluding carboxylic acids is 2. The first-order valence-corrected chi connectivity index (χ1v) is 5.92. The van der Waals surface area contributed by atoms with Gasteiger partial charge in [0.2, 0.25) is 5.91 Å². The zero-order valence-electron chi connectivity index (χ0n) is 10.5. The number of likely N-dealkylation sites (tertiary alicyclic amines) is 1. The summed E-state index contributed by atoms with van der Waals surface area (Å²) < 4.78 is 5.94. The number of ether oxygens (including phenoxy) is 1. The van der Waals surface area contributed by atoms with E-state index in [1.54, 1.807) is 6.92 Å². The van der Waals surface area contributed by atoms with Crippen LogP contribution in [0.1, 0.15) is 36.3 Å². The lowest BCUT2D eigenvalue weighted by Crippen LogP contribution is -2.34. The fourth-order valence-electron chi connectivity index (χ4n) is 1.98. The lowest BCUT2D eigenvalue weighted by molar-refractivity contribution is -0.133. The molecule has 1 aliphatic heterocycles. The summed E-state index contributed by atoms with van der Waals surface area (Å²) in [5.74, 6) is -0.545. The van der Waals surface area contributed by atoms with Crippen LogP contribution in [0.5, 0.6) is 0 Å². The van der Waals surface area contributed by atoms with Crippen LogP contribution >= 0.6 is 0 Å². The van der Waals surface area contributed by atoms with Gasteiger partial charge in [0.15, 0.2) is 5.69 Å². The number of esters is 1. The molecular formula is C11H16N4O3. The molecule has 0 radical (unpaired) electrons. The maximum atomic E-state index is 12.1. The molecule has 2 rings (SSSR count). The third-order valence-corrected chi connectivity index (χ3v) is 3.08. The van der Waals surface area contributed by atoms with Gasteiger partial charge in [0.1, 0.15) is 6.04 Å². The van der Waals surface area contributed by atoms with Crippen LogP contribution in [0.3, 0.4) is 0 Å². The average molecular weight is 252 g/mol. The van der Waals surface area contributed by atoms with E-state index in [1.165, 1.54) is 18.0 Å². The standard InChI is InChI=1S/C11H16N4O3/c1-8(10(16)14-5-3-4-6-14)15-7-9(12-13-15)11(17)18-2/h7-8H,3-6H2,1-2H3. The van der Waals surface area contributed by atoms with Crippen molar-refractivity contribution in [1.82, 2.24) is 19.9 Å². The monoisotopic (exact) mass is 252 g/mol. The minimum atomic E-state index is -0.554. The van der Waals surface area contributed by atoms with Gasteiger partial charge in [0.05, 0.1) is 13.3 Å². The Morgan fingerprint density at radius 1 is 1.39 bits per heavy atom. The zero-order valence-corrected chi connectivity index (χ0v) is 10.5. The number of aromatic nitrogens is 3. The minimum absolute atomic E-state index is 0.00816. The molecule has 1 unspecified atom stereocenters. The summed E-state index contributed by atoms with van der Waals surface area (Å²) in [6.45, 7) is 3.33. The fraction of sp³-hybridized carbons (Fsp3) is 0.636. The predicted octanol–water partition coefficient (Wildman–Crippen LogP) is 0.248. The average Bonchev–Trinajstić information content (AvgIpc) is 3.06. The van der Waals surface area contributed by atoms with Crippen molar-refractivity contribution in [2.24, 2.45) is 0 Å². The highest BCUT2D eigenvalue weighted by Gasteiger charge is 2.25. The number of methoxy groups -OCH3 is 1. The first-order chi connectivity index (χ1) is 8.63. The summed E-state index contributed by atoms with van der Waals surface area (Å²) in [6, 6.07) is -0.450.